The first-order valence-corrected chi connectivity index (χ1v) is 6.68. The molecule has 0 heterocycles. The molecule has 0 spiro atoms. The van der Waals surface area contributed by atoms with Gasteiger partial charge in [0.15, 0.2) is 0 Å². The third kappa shape index (κ3) is 3.88. The zero-order valence-electron chi connectivity index (χ0n) is 11.8. The van der Waals surface area contributed by atoms with E-state index in [2.05, 4.69) is 6.92 Å². The number of carbonyl (C=O) groups excluding carboxylic acids is 1. The average molecular weight is 266 g/mol. The highest BCUT2D eigenvalue weighted by Gasteiger charge is 2.19. The van der Waals surface area contributed by atoms with Gasteiger partial charge in [0, 0.05) is 5.56 Å². The normalized spacial score (nSPS) is 10.5. The van der Waals surface area contributed by atoms with Gasteiger partial charge in [-0.25, -0.2) is 4.79 Å². The highest BCUT2D eigenvalue weighted by Crippen LogP contribution is 2.32. The second-order valence-electron chi connectivity index (χ2n) is 4.76. The monoisotopic (exact) mass is 266 g/mol. The van der Waals surface area contributed by atoms with Crippen LogP contribution in [0.2, 0.25) is 0 Å². The van der Waals surface area contributed by atoms with Crippen molar-refractivity contribution < 1.29 is 19.7 Å². The number of esters is 1. The lowest BCUT2D eigenvalue weighted by Crippen LogP contribution is -2.09. The van der Waals surface area contributed by atoms with Gasteiger partial charge in [0.05, 0.1) is 6.61 Å². The zero-order chi connectivity index (χ0) is 14.4. The molecule has 0 fully saturated rings. The molecule has 0 aliphatic carbocycles. The highest BCUT2D eigenvalue weighted by molar-refractivity contribution is 5.95. The molecule has 0 unspecified atom stereocenters. The van der Waals surface area contributed by atoms with E-state index in [1.54, 1.807) is 13.8 Å². The summed E-state index contributed by atoms with van der Waals surface area (Å²) in [5, 5.41) is 19.5. The van der Waals surface area contributed by atoms with E-state index < -0.39 is 5.97 Å². The van der Waals surface area contributed by atoms with Crippen molar-refractivity contribution in [3.05, 3.63) is 22.8 Å². The lowest BCUT2D eigenvalue weighted by molar-refractivity contribution is 0.0493. The van der Waals surface area contributed by atoms with E-state index in [1.807, 2.05) is 0 Å². The zero-order valence-corrected chi connectivity index (χ0v) is 11.8. The molecule has 0 bridgehead atoms. The summed E-state index contributed by atoms with van der Waals surface area (Å²) in [6, 6.07) is 1.46. The van der Waals surface area contributed by atoms with Crippen molar-refractivity contribution in [2.75, 3.05) is 6.61 Å². The van der Waals surface area contributed by atoms with E-state index in [0.717, 1.165) is 25.7 Å². The minimum absolute atomic E-state index is 0.0190. The second-order valence-corrected chi connectivity index (χ2v) is 4.76. The van der Waals surface area contributed by atoms with Crippen LogP contribution in [0.3, 0.4) is 0 Å². The molecule has 0 saturated carbocycles. The number of phenolic OH excluding ortho intramolecular Hbond substituents is 2. The summed E-state index contributed by atoms with van der Waals surface area (Å²) in [5.41, 5.74) is 0.952. The minimum Gasteiger partial charge on any atom is -0.508 e. The van der Waals surface area contributed by atoms with Gasteiger partial charge in [0.2, 0.25) is 0 Å². The van der Waals surface area contributed by atoms with Gasteiger partial charge in [-0.2, -0.15) is 0 Å². The van der Waals surface area contributed by atoms with Crippen molar-refractivity contribution in [2.24, 2.45) is 0 Å². The SMILES string of the molecule is CCCCCCOC(=O)c1c(C)cc(O)c(C)c1O. The number of carbonyl (C=O) groups is 1. The molecule has 106 valence electrons. The van der Waals surface area contributed by atoms with Gasteiger partial charge < -0.3 is 14.9 Å². The van der Waals surface area contributed by atoms with Crippen LogP contribution in [0.1, 0.15) is 54.1 Å². The molecule has 0 atom stereocenters. The Morgan fingerprint density at radius 1 is 1.21 bits per heavy atom. The topological polar surface area (TPSA) is 66.8 Å². The molecular weight excluding hydrogens is 244 g/mol. The molecule has 1 aromatic carbocycles. The van der Waals surface area contributed by atoms with Crippen LogP contribution in [0.5, 0.6) is 11.5 Å². The van der Waals surface area contributed by atoms with Crippen molar-refractivity contribution >= 4 is 5.97 Å². The van der Waals surface area contributed by atoms with Crippen molar-refractivity contribution in [1.82, 2.24) is 0 Å². The van der Waals surface area contributed by atoms with E-state index in [1.165, 1.54) is 6.07 Å². The average Bonchev–Trinajstić information content (AvgIpc) is 2.36. The standard InChI is InChI=1S/C15H22O4/c1-4-5-6-7-8-19-15(18)13-10(2)9-12(16)11(3)14(13)17/h9,16-17H,4-8H2,1-3H3. The van der Waals surface area contributed by atoms with Crippen molar-refractivity contribution in [1.29, 1.82) is 0 Å². The first-order chi connectivity index (χ1) is 8.99. The molecule has 0 saturated heterocycles. The summed E-state index contributed by atoms with van der Waals surface area (Å²) in [5.74, 6) is -0.750. The van der Waals surface area contributed by atoms with Gasteiger partial charge in [-0.05, 0) is 31.9 Å². The molecule has 0 amide bonds. The summed E-state index contributed by atoms with van der Waals surface area (Å²) < 4.78 is 5.15. The molecule has 0 radical (unpaired) electrons. The largest absolute Gasteiger partial charge is 0.508 e. The Hall–Kier alpha value is -1.71. The first-order valence-electron chi connectivity index (χ1n) is 6.68. The van der Waals surface area contributed by atoms with Crippen LogP contribution in [0.25, 0.3) is 0 Å². The third-order valence-electron chi connectivity index (χ3n) is 3.16. The predicted molar refractivity (Wildman–Crippen MR) is 73.7 cm³/mol. The maximum absolute atomic E-state index is 11.9. The van der Waals surface area contributed by atoms with Gasteiger partial charge in [-0.3, -0.25) is 0 Å². The van der Waals surface area contributed by atoms with Crippen LogP contribution in [0, 0.1) is 13.8 Å². The molecule has 4 nitrogen and oxygen atoms in total. The Morgan fingerprint density at radius 3 is 2.53 bits per heavy atom. The molecule has 0 aromatic heterocycles. The predicted octanol–water partition coefficient (Wildman–Crippen LogP) is 3.45. The van der Waals surface area contributed by atoms with Crippen LogP contribution in [-0.4, -0.2) is 22.8 Å². The third-order valence-corrected chi connectivity index (χ3v) is 3.16. The minimum atomic E-state index is -0.533. The van der Waals surface area contributed by atoms with Gasteiger partial charge in [-0.15, -0.1) is 0 Å². The Kier molecular flexibility index (Phi) is 5.67. The van der Waals surface area contributed by atoms with Crippen molar-refractivity contribution in [2.45, 2.75) is 46.5 Å². The summed E-state index contributed by atoms with van der Waals surface area (Å²) in [6.45, 7) is 5.69. The highest BCUT2D eigenvalue weighted by atomic mass is 16.5. The van der Waals surface area contributed by atoms with Crippen LogP contribution in [0.15, 0.2) is 6.07 Å². The number of phenols is 2. The summed E-state index contributed by atoms with van der Waals surface area (Å²) in [6.07, 6.45) is 4.12. The number of ether oxygens (including phenoxy) is 1. The Balaban J connectivity index is 2.70. The summed E-state index contributed by atoms with van der Waals surface area (Å²) in [4.78, 5) is 11.9. The Labute approximate surface area is 114 Å². The number of hydrogen-bond acceptors (Lipinski definition) is 4. The fraction of sp³-hybridized carbons (Fsp3) is 0.533. The summed E-state index contributed by atoms with van der Waals surface area (Å²) in [7, 11) is 0. The maximum Gasteiger partial charge on any atom is 0.342 e. The lowest BCUT2D eigenvalue weighted by atomic mass is 10.0. The van der Waals surface area contributed by atoms with Crippen LogP contribution < -0.4 is 0 Å². The lowest BCUT2D eigenvalue weighted by Gasteiger charge is -2.12. The van der Waals surface area contributed by atoms with E-state index in [9.17, 15) is 15.0 Å². The number of hydrogen-bond donors (Lipinski definition) is 2. The van der Waals surface area contributed by atoms with E-state index in [4.69, 9.17) is 4.74 Å². The Morgan fingerprint density at radius 2 is 1.89 bits per heavy atom. The maximum atomic E-state index is 11.9. The van der Waals surface area contributed by atoms with E-state index >= 15 is 0 Å². The Bertz CT molecular complexity index is 452. The molecule has 0 aliphatic heterocycles. The molecule has 1 rings (SSSR count). The fourth-order valence-electron chi connectivity index (χ4n) is 1.90. The molecule has 19 heavy (non-hydrogen) atoms. The quantitative estimate of drug-likeness (QED) is 0.611. The molecule has 1 aromatic rings. The summed E-state index contributed by atoms with van der Waals surface area (Å²) >= 11 is 0. The van der Waals surface area contributed by atoms with Crippen molar-refractivity contribution in [3.63, 3.8) is 0 Å². The number of aryl methyl sites for hydroxylation is 1. The smallest absolute Gasteiger partial charge is 0.342 e. The number of rotatable bonds is 6. The number of unbranched alkanes of at least 4 members (excludes halogenated alkanes) is 3. The van der Waals surface area contributed by atoms with Gasteiger partial charge in [0.25, 0.3) is 0 Å². The van der Waals surface area contributed by atoms with Crippen LogP contribution in [0.4, 0.5) is 0 Å². The van der Waals surface area contributed by atoms with Crippen LogP contribution in [-0.2, 0) is 4.74 Å². The fourth-order valence-corrected chi connectivity index (χ4v) is 1.90. The number of aromatic hydroxyl groups is 2. The van der Waals surface area contributed by atoms with E-state index in [-0.39, 0.29) is 17.1 Å². The van der Waals surface area contributed by atoms with Gasteiger partial charge in [0.1, 0.15) is 17.1 Å². The second kappa shape index (κ2) is 7.02. The molecular formula is C15H22O4. The first kappa shape index (κ1) is 15.3. The molecule has 0 aliphatic rings. The van der Waals surface area contributed by atoms with Crippen molar-refractivity contribution in [3.8, 4) is 11.5 Å². The molecule has 2 N–H and O–H groups in total. The van der Waals surface area contributed by atoms with Gasteiger partial charge >= 0.3 is 5.97 Å². The van der Waals surface area contributed by atoms with Gasteiger partial charge in [-0.1, -0.05) is 26.2 Å². The molecule has 4 heteroatoms. The van der Waals surface area contributed by atoms with E-state index in [0.29, 0.717) is 17.7 Å². The van der Waals surface area contributed by atoms with Crippen LogP contribution >= 0.6 is 0 Å². The number of benzene rings is 1.